The highest BCUT2D eigenvalue weighted by Crippen LogP contribution is 2.23. The maximum Gasteiger partial charge on any atom is 0.224 e. The largest absolute Gasteiger partial charge is 0.496 e. The molecule has 0 atom stereocenters. The van der Waals surface area contributed by atoms with Gasteiger partial charge in [-0.3, -0.25) is 9.48 Å². The van der Waals surface area contributed by atoms with Gasteiger partial charge >= 0.3 is 0 Å². The Balaban J connectivity index is 1.52. The van der Waals surface area contributed by atoms with E-state index in [0.717, 1.165) is 33.1 Å². The van der Waals surface area contributed by atoms with Crippen LogP contribution in [0.3, 0.4) is 0 Å². The summed E-state index contributed by atoms with van der Waals surface area (Å²) >= 11 is 1.68. The van der Waals surface area contributed by atoms with Crippen molar-refractivity contribution in [1.29, 1.82) is 0 Å². The van der Waals surface area contributed by atoms with Crippen molar-refractivity contribution in [3.05, 3.63) is 58.6 Å². The lowest BCUT2D eigenvalue weighted by atomic mass is 10.1. The molecule has 6 heteroatoms. The Labute approximate surface area is 157 Å². The number of thiophene rings is 1. The molecule has 0 radical (unpaired) electrons. The van der Waals surface area contributed by atoms with E-state index >= 15 is 0 Å². The van der Waals surface area contributed by atoms with Gasteiger partial charge in [-0.1, -0.05) is 18.2 Å². The van der Waals surface area contributed by atoms with Crippen molar-refractivity contribution >= 4 is 17.2 Å². The van der Waals surface area contributed by atoms with Gasteiger partial charge in [0.05, 0.1) is 25.0 Å². The summed E-state index contributed by atoms with van der Waals surface area (Å²) in [6.45, 7) is 5.23. The third-order valence-corrected chi connectivity index (χ3v) is 5.12. The van der Waals surface area contributed by atoms with E-state index in [9.17, 15) is 4.79 Å². The number of carbonyl (C=O) groups is 1. The molecule has 2 heterocycles. The van der Waals surface area contributed by atoms with Gasteiger partial charge < -0.3 is 10.1 Å². The number of carbonyl (C=O) groups excluding carboxylic acids is 1. The minimum atomic E-state index is 0.0119. The van der Waals surface area contributed by atoms with Crippen molar-refractivity contribution in [2.45, 2.75) is 26.8 Å². The average molecular weight is 369 g/mol. The van der Waals surface area contributed by atoms with E-state index in [0.29, 0.717) is 19.5 Å². The van der Waals surface area contributed by atoms with E-state index in [2.05, 4.69) is 22.5 Å². The topological polar surface area (TPSA) is 56.1 Å². The zero-order valence-corrected chi connectivity index (χ0v) is 16.1. The van der Waals surface area contributed by atoms with Crippen LogP contribution in [0.5, 0.6) is 5.75 Å². The van der Waals surface area contributed by atoms with Gasteiger partial charge in [0.25, 0.3) is 0 Å². The molecule has 3 rings (SSSR count). The van der Waals surface area contributed by atoms with Crippen LogP contribution in [0.15, 0.2) is 41.8 Å². The molecule has 0 unspecified atom stereocenters. The van der Waals surface area contributed by atoms with E-state index in [1.807, 2.05) is 48.2 Å². The lowest BCUT2D eigenvalue weighted by Gasteiger charge is -2.09. The quantitative estimate of drug-likeness (QED) is 0.692. The van der Waals surface area contributed by atoms with Gasteiger partial charge in [0.2, 0.25) is 5.91 Å². The minimum Gasteiger partial charge on any atom is -0.496 e. The monoisotopic (exact) mass is 369 g/mol. The number of methoxy groups -OCH3 is 1. The summed E-state index contributed by atoms with van der Waals surface area (Å²) in [5, 5.41) is 9.64. The highest BCUT2D eigenvalue weighted by atomic mass is 32.1. The van der Waals surface area contributed by atoms with Crippen molar-refractivity contribution in [2.75, 3.05) is 13.7 Å². The highest BCUT2D eigenvalue weighted by Gasteiger charge is 2.09. The molecule has 1 aromatic carbocycles. The maximum atomic E-state index is 12.2. The summed E-state index contributed by atoms with van der Waals surface area (Å²) < 4.78 is 7.19. The maximum absolute atomic E-state index is 12.2. The van der Waals surface area contributed by atoms with Crippen molar-refractivity contribution in [2.24, 2.45) is 0 Å². The number of hydrogen-bond donors (Lipinski definition) is 1. The molecule has 1 amide bonds. The van der Waals surface area contributed by atoms with Crippen LogP contribution < -0.4 is 10.1 Å². The summed E-state index contributed by atoms with van der Waals surface area (Å²) in [6, 6.07) is 12.0. The number of nitrogens with zero attached hydrogens (tertiary/aromatic N) is 2. The van der Waals surface area contributed by atoms with Gasteiger partial charge in [-0.25, -0.2) is 0 Å². The number of rotatable bonds is 7. The highest BCUT2D eigenvalue weighted by molar-refractivity contribution is 7.13. The third-order valence-electron chi connectivity index (χ3n) is 4.22. The number of aromatic nitrogens is 2. The van der Waals surface area contributed by atoms with Gasteiger partial charge in [-0.15, -0.1) is 11.3 Å². The van der Waals surface area contributed by atoms with E-state index in [4.69, 9.17) is 4.74 Å². The Morgan fingerprint density at radius 1 is 1.27 bits per heavy atom. The second-order valence-corrected chi connectivity index (χ2v) is 7.15. The molecule has 1 N–H and O–H groups in total. The molecular formula is C20H23N3O2S. The first-order valence-corrected chi connectivity index (χ1v) is 9.43. The molecule has 26 heavy (non-hydrogen) atoms. The van der Waals surface area contributed by atoms with Crippen molar-refractivity contribution in [3.63, 3.8) is 0 Å². The van der Waals surface area contributed by atoms with Gasteiger partial charge in [0.15, 0.2) is 0 Å². The number of nitrogens with one attached hydrogen (secondary N) is 1. The SMILES string of the molecule is COc1ccc(CC(=O)NCCn2nc(-c3cccs3)cc2C)cc1C. The van der Waals surface area contributed by atoms with Crippen LogP contribution in [0.1, 0.15) is 16.8 Å². The second-order valence-electron chi connectivity index (χ2n) is 6.20. The summed E-state index contributed by atoms with van der Waals surface area (Å²) in [5.41, 5.74) is 4.09. The fourth-order valence-corrected chi connectivity index (χ4v) is 3.56. The van der Waals surface area contributed by atoms with Crippen LogP contribution in [0.25, 0.3) is 10.6 Å². The standard InChI is InChI=1S/C20H23N3O2S/c1-14-11-16(6-7-18(14)25-3)13-20(24)21-8-9-23-15(2)12-17(22-23)19-5-4-10-26-19/h4-7,10-12H,8-9,13H2,1-3H3,(H,21,24). The molecule has 2 aromatic heterocycles. The molecule has 0 aliphatic heterocycles. The van der Waals surface area contributed by atoms with Crippen LogP contribution in [0.4, 0.5) is 0 Å². The van der Waals surface area contributed by atoms with E-state index in [1.54, 1.807) is 18.4 Å². The summed E-state index contributed by atoms with van der Waals surface area (Å²) in [5.74, 6) is 0.850. The summed E-state index contributed by atoms with van der Waals surface area (Å²) in [4.78, 5) is 13.3. The second kappa shape index (κ2) is 8.19. The Morgan fingerprint density at radius 3 is 2.81 bits per heavy atom. The molecule has 0 bridgehead atoms. The van der Waals surface area contributed by atoms with Crippen molar-refractivity contribution in [1.82, 2.24) is 15.1 Å². The zero-order valence-electron chi connectivity index (χ0n) is 15.3. The fourth-order valence-electron chi connectivity index (χ4n) is 2.88. The van der Waals surface area contributed by atoms with Gasteiger partial charge in [-0.2, -0.15) is 5.10 Å². The zero-order chi connectivity index (χ0) is 18.5. The van der Waals surface area contributed by atoms with Crippen LogP contribution in [-0.4, -0.2) is 29.3 Å². The van der Waals surface area contributed by atoms with Crippen LogP contribution >= 0.6 is 11.3 Å². The van der Waals surface area contributed by atoms with Crippen molar-refractivity contribution in [3.8, 4) is 16.3 Å². The Bertz CT molecular complexity index is 885. The van der Waals surface area contributed by atoms with Crippen LogP contribution in [0, 0.1) is 13.8 Å². The Hall–Kier alpha value is -2.60. The van der Waals surface area contributed by atoms with E-state index in [-0.39, 0.29) is 5.91 Å². The van der Waals surface area contributed by atoms with E-state index in [1.165, 1.54) is 0 Å². The number of aryl methyl sites for hydroxylation is 2. The third kappa shape index (κ3) is 4.32. The fraction of sp³-hybridized carbons (Fsp3) is 0.300. The van der Waals surface area contributed by atoms with Crippen molar-refractivity contribution < 1.29 is 9.53 Å². The minimum absolute atomic E-state index is 0.0119. The first-order chi connectivity index (χ1) is 12.6. The number of ether oxygens (including phenoxy) is 1. The van der Waals surface area contributed by atoms with E-state index < -0.39 is 0 Å². The molecule has 0 aliphatic carbocycles. The molecule has 0 fully saturated rings. The smallest absolute Gasteiger partial charge is 0.224 e. The predicted octanol–water partition coefficient (Wildman–Crippen LogP) is 3.60. The molecule has 0 aliphatic rings. The van der Waals surface area contributed by atoms with Gasteiger partial charge in [-0.05, 0) is 48.6 Å². The van der Waals surface area contributed by atoms with Crippen LogP contribution in [0.2, 0.25) is 0 Å². The summed E-state index contributed by atoms with van der Waals surface area (Å²) in [6.07, 6.45) is 0.364. The predicted molar refractivity (Wildman–Crippen MR) is 105 cm³/mol. The summed E-state index contributed by atoms with van der Waals surface area (Å²) in [7, 11) is 1.65. The molecule has 0 saturated carbocycles. The molecule has 0 saturated heterocycles. The average Bonchev–Trinajstić information content (AvgIpc) is 3.25. The molecule has 136 valence electrons. The number of benzene rings is 1. The normalized spacial score (nSPS) is 10.7. The molecule has 3 aromatic rings. The van der Waals surface area contributed by atoms with Gasteiger partial charge in [0.1, 0.15) is 11.4 Å². The lowest BCUT2D eigenvalue weighted by Crippen LogP contribution is -2.29. The first-order valence-electron chi connectivity index (χ1n) is 8.55. The Kier molecular flexibility index (Phi) is 5.73. The number of amides is 1. The van der Waals surface area contributed by atoms with Gasteiger partial charge in [0, 0.05) is 12.2 Å². The lowest BCUT2D eigenvalue weighted by molar-refractivity contribution is -0.120. The molecule has 0 spiro atoms. The van der Waals surface area contributed by atoms with Crippen LogP contribution in [-0.2, 0) is 17.8 Å². The molecule has 5 nitrogen and oxygen atoms in total. The Morgan fingerprint density at radius 2 is 2.12 bits per heavy atom. The first kappa shape index (κ1) is 18.2. The molecular weight excluding hydrogens is 346 g/mol. The number of hydrogen-bond acceptors (Lipinski definition) is 4.